The summed E-state index contributed by atoms with van der Waals surface area (Å²) in [4.78, 5) is 29.7. The maximum absolute atomic E-state index is 13.0. The standard InChI is InChI=1S/C25H30N2O2/c28-24(26-14-5-2-6-15-26)22-10-7-11-23(19-22)25(29)27-16-12-21(13-17-27)18-20-8-3-1-4-9-20/h1,3-4,7-11,19,21H,2,5-6,12-18H2. The summed E-state index contributed by atoms with van der Waals surface area (Å²) in [5.74, 6) is 0.742. The third-order valence-electron chi connectivity index (χ3n) is 6.27. The summed E-state index contributed by atoms with van der Waals surface area (Å²) in [6.45, 7) is 3.24. The van der Waals surface area contributed by atoms with E-state index in [4.69, 9.17) is 0 Å². The van der Waals surface area contributed by atoms with Gasteiger partial charge in [-0.25, -0.2) is 0 Å². The van der Waals surface area contributed by atoms with Crippen molar-refractivity contribution in [2.45, 2.75) is 38.5 Å². The lowest BCUT2D eigenvalue weighted by Gasteiger charge is -2.32. The van der Waals surface area contributed by atoms with E-state index in [0.717, 1.165) is 58.3 Å². The van der Waals surface area contributed by atoms with E-state index in [1.54, 1.807) is 6.07 Å². The van der Waals surface area contributed by atoms with Gasteiger partial charge in [0.2, 0.25) is 0 Å². The minimum atomic E-state index is 0.0523. The van der Waals surface area contributed by atoms with E-state index in [1.807, 2.05) is 28.0 Å². The number of hydrogen-bond donors (Lipinski definition) is 0. The topological polar surface area (TPSA) is 40.6 Å². The average Bonchev–Trinajstić information content (AvgIpc) is 2.80. The Morgan fingerprint density at radius 2 is 1.31 bits per heavy atom. The van der Waals surface area contributed by atoms with Crippen LogP contribution in [0.25, 0.3) is 0 Å². The highest BCUT2D eigenvalue weighted by Gasteiger charge is 2.25. The third-order valence-corrected chi connectivity index (χ3v) is 6.27. The minimum absolute atomic E-state index is 0.0523. The molecule has 0 spiro atoms. The second-order valence-corrected chi connectivity index (χ2v) is 8.36. The van der Waals surface area contributed by atoms with Gasteiger partial charge in [0.25, 0.3) is 11.8 Å². The van der Waals surface area contributed by atoms with Crippen LogP contribution in [-0.2, 0) is 6.42 Å². The van der Waals surface area contributed by atoms with E-state index in [0.29, 0.717) is 17.0 Å². The molecule has 0 atom stereocenters. The highest BCUT2D eigenvalue weighted by Crippen LogP contribution is 2.23. The fourth-order valence-electron chi connectivity index (χ4n) is 4.54. The number of carbonyl (C=O) groups is 2. The molecule has 2 aliphatic heterocycles. The number of piperidine rings is 2. The number of amides is 2. The molecular formula is C25H30N2O2. The Bertz CT molecular complexity index is 835. The van der Waals surface area contributed by atoms with Crippen molar-refractivity contribution in [1.29, 1.82) is 0 Å². The van der Waals surface area contributed by atoms with Gasteiger partial charge in [-0.1, -0.05) is 36.4 Å². The fraction of sp³-hybridized carbons (Fsp3) is 0.440. The van der Waals surface area contributed by atoms with Gasteiger partial charge in [0, 0.05) is 37.3 Å². The molecule has 0 unspecified atom stereocenters. The van der Waals surface area contributed by atoms with Gasteiger partial charge in [-0.3, -0.25) is 9.59 Å². The monoisotopic (exact) mass is 390 g/mol. The van der Waals surface area contributed by atoms with Gasteiger partial charge in [-0.15, -0.1) is 0 Å². The van der Waals surface area contributed by atoms with Gasteiger partial charge in [-0.05, 0) is 68.2 Å². The molecule has 2 amide bonds. The van der Waals surface area contributed by atoms with Crippen LogP contribution in [0, 0.1) is 5.92 Å². The Balaban J connectivity index is 1.35. The van der Waals surface area contributed by atoms with Crippen LogP contribution in [0.4, 0.5) is 0 Å². The predicted octanol–water partition coefficient (Wildman–Crippen LogP) is 4.41. The highest BCUT2D eigenvalue weighted by molar-refractivity contribution is 5.99. The SMILES string of the molecule is O=C(c1cccc(C(=O)N2CCC(Cc3ccccc3)CC2)c1)N1CCCCC1. The molecule has 0 N–H and O–H groups in total. The second kappa shape index (κ2) is 9.25. The quantitative estimate of drug-likeness (QED) is 0.776. The molecule has 152 valence electrons. The van der Waals surface area contributed by atoms with E-state index >= 15 is 0 Å². The van der Waals surface area contributed by atoms with Gasteiger partial charge in [0.15, 0.2) is 0 Å². The minimum Gasteiger partial charge on any atom is -0.339 e. The number of hydrogen-bond acceptors (Lipinski definition) is 2. The largest absolute Gasteiger partial charge is 0.339 e. The summed E-state index contributed by atoms with van der Waals surface area (Å²) in [6, 6.07) is 17.9. The summed E-state index contributed by atoms with van der Waals surface area (Å²) < 4.78 is 0. The molecule has 0 aromatic heterocycles. The van der Waals surface area contributed by atoms with Crippen molar-refractivity contribution < 1.29 is 9.59 Å². The number of benzene rings is 2. The van der Waals surface area contributed by atoms with Gasteiger partial charge in [0.05, 0.1) is 0 Å². The maximum Gasteiger partial charge on any atom is 0.253 e. The molecule has 0 bridgehead atoms. The van der Waals surface area contributed by atoms with Crippen molar-refractivity contribution in [3.05, 3.63) is 71.3 Å². The van der Waals surface area contributed by atoms with Crippen LogP contribution in [-0.4, -0.2) is 47.8 Å². The lowest BCUT2D eigenvalue weighted by Crippen LogP contribution is -2.39. The normalized spacial score (nSPS) is 17.9. The summed E-state index contributed by atoms with van der Waals surface area (Å²) in [5, 5.41) is 0. The van der Waals surface area contributed by atoms with E-state index in [2.05, 4.69) is 30.3 Å². The second-order valence-electron chi connectivity index (χ2n) is 8.36. The predicted molar refractivity (Wildman–Crippen MR) is 115 cm³/mol. The van der Waals surface area contributed by atoms with Crippen LogP contribution in [0.2, 0.25) is 0 Å². The van der Waals surface area contributed by atoms with Gasteiger partial charge in [0.1, 0.15) is 0 Å². The van der Waals surface area contributed by atoms with Crippen LogP contribution in [0.5, 0.6) is 0 Å². The van der Waals surface area contributed by atoms with E-state index in [-0.39, 0.29) is 11.8 Å². The molecule has 4 rings (SSSR count). The van der Waals surface area contributed by atoms with Gasteiger partial charge < -0.3 is 9.80 Å². The van der Waals surface area contributed by atoms with Crippen molar-refractivity contribution in [3.8, 4) is 0 Å². The Hall–Kier alpha value is -2.62. The lowest BCUT2D eigenvalue weighted by molar-refractivity contribution is 0.0690. The molecule has 0 aliphatic carbocycles. The molecule has 2 heterocycles. The number of rotatable bonds is 4. The molecule has 0 saturated carbocycles. The Morgan fingerprint density at radius 1 is 0.724 bits per heavy atom. The first-order valence-corrected chi connectivity index (χ1v) is 10.9. The van der Waals surface area contributed by atoms with Crippen LogP contribution in [0.15, 0.2) is 54.6 Å². The Kier molecular flexibility index (Phi) is 6.28. The lowest BCUT2D eigenvalue weighted by atomic mass is 9.90. The fourth-order valence-corrected chi connectivity index (χ4v) is 4.54. The van der Waals surface area contributed by atoms with Crippen molar-refractivity contribution in [1.82, 2.24) is 9.80 Å². The van der Waals surface area contributed by atoms with Crippen molar-refractivity contribution in [3.63, 3.8) is 0 Å². The molecule has 4 nitrogen and oxygen atoms in total. The van der Waals surface area contributed by atoms with E-state index in [9.17, 15) is 9.59 Å². The summed E-state index contributed by atoms with van der Waals surface area (Å²) in [5.41, 5.74) is 2.65. The van der Waals surface area contributed by atoms with Crippen LogP contribution in [0.3, 0.4) is 0 Å². The molecule has 2 aliphatic rings. The maximum atomic E-state index is 13.0. The number of likely N-dealkylation sites (tertiary alicyclic amines) is 2. The molecule has 2 aromatic rings. The van der Waals surface area contributed by atoms with Crippen molar-refractivity contribution >= 4 is 11.8 Å². The zero-order chi connectivity index (χ0) is 20.1. The van der Waals surface area contributed by atoms with Crippen LogP contribution in [0.1, 0.15) is 58.4 Å². The van der Waals surface area contributed by atoms with E-state index in [1.165, 1.54) is 12.0 Å². The number of nitrogens with zero attached hydrogens (tertiary/aromatic N) is 2. The molecular weight excluding hydrogens is 360 g/mol. The molecule has 4 heteroatoms. The van der Waals surface area contributed by atoms with Gasteiger partial charge in [-0.2, -0.15) is 0 Å². The first-order chi connectivity index (χ1) is 14.2. The van der Waals surface area contributed by atoms with Crippen LogP contribution >= 0.6 is 0 Å². The summed E-state index contributed by atoms with van der Waals surface area (Å²) in [7, 11) is 0. The molecule has 2 saturated heterocycles. The molecule has 2 aromatic carbocycles. The van der Waals surface area contributed by atoms with Gasteiger partial charge >= 0.3 is 0 Å². The van der Waals surface area contributed by atoms with Crippen LogP contribution < -0.4 is 0 Å². The number of carbonyl (C=O) groups excluding carboxylic acids is 2. The summed E-state index contributed by atoms with van der Waals surface area (Å²) in [6.07, 6.45) is 6.50. The zero-order valence-electron chi connectivity index (χ0n) is 17.1. The smallest absolute Gasteiger partial charge is 0.253 e. The average molecular weight is 391 g/mol. The highest BCUT2D eigenvalue weighted by atomic mass is 16.2. The third kappa shape index (κ3) is 4.87. The first-order valence-electron chi connectivity index (χ1n) is 10.9. The summed E-state index contributed by atoms with van der Waals surface area (Å²) >= 11 is 0. The Labute approximate surface area is 173 Å². The first kappa shape index (κ1) is 19.7. The van der Waals surface area contributed by atoms with Crippen molar-refractivity contribution in [2.75, 3.05) is 26.2 Å². The van der Waals surface area contributed by atoms with Crippen molar-refractivity contribution in [2.24, 2.45) is 5.92 Å². The zero-order valence-corrected chi connectivity index (χ0v) is 17.1. The molecule has 0 radical (unpaired) electrons. The molecule has 29 heavy (non-hydrogen) atoms. The van der Waals surface area contributed by atoms with E-state index < -0.39 is 0 Å². The molecule has 2 fully saturated rings. The Morgan fingerprint density at radius 3 is 1.93 bits per heavy atom.